The van der Waals surface area contributed by atoms with E-state index in [0.717, 1.165) is 24.9 Å². The van der Waals surface area contributed by atoms with E-state index in [1.165, 1.54) is 21.2 Å². The summed E-state index contributed by atoms with van der Waals surface area (Å²) in [5.41, 5.74) is 4.71. The summed E-state index contributed by atoms with van der Waals surface area (Å²) in [4.78, 5) is 14.7. The largest absolute Gasteiger partial charge is 0.350 e. The molecule has 1 amide bonds. The first-order chi connectivity index (χ1) is 11.6. The molecule has 0 bridgehead atoms. The Labute approximate surface area is 152 Å². The van der Waals surface area contributed by atoms with Crippen LogP contribution in [0.15, 0.2) is 46.9 Å². The smallest absolute Gasteiger partial charge is 0.251 e. The van der Waals surface area contributed by atoms with Crippen molar-refractivity contribution < 1.29 is 4.79 Å². The second-order valence-electron chi connectivity index (χ2n) is 6.41. The molecule has 1 unspecified atom stereocenters. The number of fused-ring (bicyclic) bond motifs is 1. The van der Waals surface area contributed by atoms with Gasteiger partial charge < -0.3 is 5.32 Å². The minimum atomic E-state index is 0.00368. The van der Waals surface area contributed by atoms with Crippen LogP contribution in [-0.2, 0) is 19.4 Å². The summed E-state index contributed by atoms with van der Waals surface area (Å²) in [6.07, 6.45) is 1.94. The molecule has 0 aromatic heterocycles. The van der Waals surface area contributed by atoms with Crippen molar-refractivity contribution in [2.75, 3.05) is 13.6 Å². The Kier molecular flexibility index (Phi) is 5.36. The molecule has 1 N–H and O–H groups in total. The van der Waals surface area contributed by atoms with E-state index >= 15 is 0 Å². The third kappa shape index (κ3) is 3.70. The minimum Gasteiger partial charge on any atom is -0.350 e. The van der Waals surface area contributed by atoms with Crippen LogP contribution in [0.2, 0.25) is 0 Å². The van der Waals surface area contributed by atoms with Crippen molar-refractivity contribution in [2.45, 2.75) is 32.4 Å². The number of nitrogens with one attached hydrogen (secondary N) is 1. The Bertz CT molecular complexity index is 727. The van der Waals surface area contributed by atoms with Gasteiger partial charge in [-0.1, -0.05) is 47.1 Å². The highest BCUT2D eigenvalue weighted by Gasteiger charge is 2.25. The van der Waals surface area contributed by atoms with Crippen molar-refractivity contribution in [3.05, 3.63) is 69.2 Å². The van der Waals surface area contributed by atoms with E-state index in [0.29, 0.717) is 12.6 Å². The molecule has 2 aromatic carbocycles. The molecular weight excluding hydrogens is 364 g/mol. The molecule has 3 nitrogen and oxygen atoms in total. The average molecular weight is 387 g/mol. The molecule has 0 saturated carbocycles. The lowest BCUT2D eigenvalue weighted by atomic mass is 9.94. The van der Waals surface area contributed by atoms with Crippen LogP contribution in [-0.4, -0.2) is 30.4 Å². The Balaban J connectivity index is 1.63. The first-order valence-electron chi connectivity index (χ1n) is 8.42. The van der Waals surface area contributed by atoms with Gasteiger partial charge in [-0.2, -0.15) is 0 Å². The number of halogens is 1. The standard InChI is InChI=1S/C20H23BrN2O/c1-3-14-7-9-15(10-8-14)20(24)22-12-17-11-18-16(13-23(17)2)5-4-6-19(18)21/h4-10,17H,3,11-13H2,1-2H3,(H,22,24). The van der Waals surface area contributed by atoms with Gasteiger partial charge in [0.05, 0.1) is 0 Å². The van der Waals surface area contributed by atoms with Crippen LogP contribution in [0.1, 0.15) is 34.0 Å². The summed E-state index contributed by atoms with van der Waals surface area (Å²) in [6.45, 7) is 3.69. The van der Waals surface area contributed by atoms with Gasteiger partial charge in [0.2, 0.25) is 0 Å². The third-order valence-corrected chi connectivity index (χ3v) is 5.56. The molecule has 24 heavy (non-hydrogen) atoms. The average Bonchev–Trinajstić information content (AvgIpc) is 2.60. The van der Waals surface area contributed by atoms with Crippen molar-refractivity contribution in [1.29, 1.82) is 0 Å². The first-order valence-corrected chi connectivity index (χ1v) is 9.21. The van der Waals surface area contributed by atoms with Gasteiger partial charge in [0, 0.05) is 29.2 Å². The molecule has 2 aromatic rings. The zero-order valence-electron chi connectivity index (χ0n) is 14.2. The monoisotopic (exact) mass is 386 g/mol. The van der Waals surface area contributed by atoms with E-state index in [1.54, 1.807) is 0 Å². The number of benzene rings is 2. The number of carbonyl (C=O) groups is 1. The fraction of sp³-hybridized carbons (Fsp3) is 0.350. The van der Waals surface area contributed by atoms with Crippen LogP contribution >= 0.6 is 15.9 Å². The van der Waals surface area contributed by atoms with E-state index in [-0.39, 0.29) is 5.91 Å². The normalized spacial score (nSPS) is 17.4. The fourth-order valence-corrected chi connectivity index (χ4v) is 3.77. The van der Waals surface area contributed by atoms with Gasteiger partial charge in [-0.05, 0) is 54.8 Å². The van der Waals surface area contributed by atoms with Crippen molar-refractivity contribution in [3.63, 3.8) is 0 Å². The van der Waals surface area contributed by atoms with E-state index in [4.69, 9.17) is 0 Å². The molecule has 0 spiro atoms. The highest BCUT2D eigenvalue weighted by molar-refractivity contribution is 9.10. The van der Waals surface area contributed by atoms with Gasteiger partial charge in [-0.25, -0.2) is 0 Å². The molecule has 4 heteroatoms. The lowest BCUT2D eigenvalue weighted by Crippen LogP contribution is -2.45. The Hall–Kier alpha value is -1.65. The second-order valence-corrected chi connectivity index (χ2v) is 7.27. The Morgan fingerprint density at radius 2 is 2.00 bits per heavy atom. The first kappa shape index (κ1) is 17.2. The highest BCUT2D eigenvalue weighted by atomic mass is 79.9. The van der Waals surface area contributed by atoms with Gasteiger partial charge in [-0.15, -0.1) is 0 Å². The molecule has 1 atom stereocenters. The van der Waals surface area contributed by atoms with Crippen molar-refractivity contribution >= 4 is 21.8 Å². The second kappa shape index (κ2) is 7.49. The summed E-state index contributed by atoms with van der Waals surface area (Å²) < 4.78 is 1.17. The lowest BCUT2D eigenvalue weighted by molar-refractivity contribution is 0.0934. The highest BCUT2D eigenvalue weighted by Crippen LogP contribution is 2.28. The number of aryl methyl sites for hydroxylation is 1. The zero-order chi connectivity index (χ0) is 17.1. The molecule has 1 heterocycles. The molecule has 1 aliphatic heterocycles. The van der Waals surface area contributed by atoms with Crippen LogP contribution < -0.4 is 5.32 Å². The topological polar surface area (TPSA) is 32.3 Å². The number of amides is 1. The van der Waals surface area contributed by atoms with Crippen LogP contribution in [0.5, 0.6) is 0 Å². The van der Waals surface area contributed by atoms with Gasteiger partial charge in [0.1, 0.15) is 0 Å². The van der Waals surface area contributed by atoms with E-state index in [2.05, 4.69) is 58.3 Å². The molecule has 1 aliphatic rings. The number of nitrogens with zero attached hydrogens (tertiary/aromatic N) is 1. The van der Waals surface area contributed by atoms with Gasteiger partial charge in [0.25, 0.3) is 5.91 Å². The predicted molar refractivity (Wildman–Crippen MR) is 101 cm³/mol. The van der Waals surface area contributed by atoms with Gasteiger partial charge in [-0.3, -0.25) is 9.69 Å². The van der Waals surface area contributed by atoms with Crippen LogP contribution in [0.4, 0.5) is 0 Å². The number of hydrogen-bond acceptors (Lipinski definition) is 2. The summed E-state index contributed by atoms with van der Waals surface area (Å²) in [5.74, 6) is 0.00368. The Morgan fingerprint density at radius 3 is 2.71 bits per heavy atom. The van der Waals surface area contributed by atoms with Crippen LogP contribution in [0, 0.1) is 0 Å². The zero-order valence-corrected chi connectivity index (χ0v) is 15.8. The lowest BCUT2D eigenvalue weighted by Gasteiger charge is -2.34. The molecule has 3 rings (SSSR count). The SMILES string of the molecule is CCc1ccc(C(=O)NCC2Cc3c(Br)cccc3CN2C)cc1. The molecule has 0 aliphatic carbocycles. The van der Waals surface area contributed by atoms with Crippen molar-refractivity contribution in [2.24, 2.45) is 0 Å². The minimum absolute atomic E-state index is 0.00368. The quantitative estimate of drug-likeness (QED) is 0.866. The van der Waals surface area contributed by atoms with E-state index in [9.17, 15) is 4.79 Å². The summed E-state index contributed by atoms with van der Waals surface area (Å²) >= 11 is 3.65. The van der Waals surface area contributed by atoms with E-state index in [1.807, 2.05) is 24.3 Å². The summed E-state index contributed by atoms with van der Waals surface area (Å²) in [7, 11) is 2.12. The van der Waals surface area contributed by atoms with Crippen LogP contribution in [0.25, 0.3) is 0 Å². The maximum absolute atomic E-state index is 12.4. The molecule has 126 valence electrons. The maximum Gasteiger partial charge on any atom is 0.251 e. The van der Waals surface area contributed by atoms with E-state index < -0.39 is 0 Å². The summed E-state index contributed by atoms with van der Waals surface area (Å²) in [5, 5.41) is 3.09. The predicted octanol–water partition coefficient (Wildman–Crippen LogP) is 3.80. The maximum atomic E-state index is 12.4. The summed E-state index contributed by atoms with van der Waals surface area (Å²) in [6, 6.07) is 14.5. The van der Waals surface area contributed by atoms with Crippen molar-refractivity contribution in [3.8, 4) is 0 Å². The number of likely N-dealkylation sites (N-methyl/N-ethyl adjacent to an activating group) is 1. The molecule has 0 saturated heterocycles. The fourth-order valence-electron chi connectivity index (χ4n) is 3.20. The Morgan fingerprint density at radius 1 is 1.25 bits per heavy atom. The number of carbonyl (C=O) groups excluding carboxylic acids is 1. The third-order valence-electron chi connectivity index (χ3n) is 4.82. The van der Waals surface area contributed by atoms with Gasteiger partial charge >= 0.3 is 0 Å². The van der Waals surface area contributed by atoms with Crippen molar-refractivity contribution in [1.82, 2.24) is 10.2 Å². The number of hydrogen-bond donors (Lipinski definition) is 1. The van der Waals surface area contributed by atoms with Gasteiger partial charge in [0.15, 0.2) is 0 Å². The molecule has 0 radical (unpaired) electrons. The number of rotatable bonds is 4. The molecular formula is C20H23BrN2O. The van der Waals surface area contributed by atoms with Crippen LogP contribution in [0.3, 0.4) is 0 Å². The molecule has 0 fully saturated rings.